The summed E-state index contributed by atoms with van der Waals surface area (Å²) < 4.78 is 0. The number of carbonyl (C=O) groups is 1. The Morgan fingerprint density at radius 3 is 2.65 bits per heavy atom. The molecule has 0 aliphatic rings. The van der Waals surface area contributed by atoms with Crippen molar-refractivity contribution in [2.24, 2.45) is 5.41 Å². The van der Waals surface area contributed by atoms with Crippen LogP contribution in [0.1, 0.15) is 26.3 Å². The maximum absolute atomic E-state index is 11.7. The number of carbonyl (C=O) groups excluding carboxylic acids is 1. The van der Waals surface area contributed by atoms with Gasteiger partial charge in [-0.1, -0.05) is 32.9 Å². The first-order valence-corrected chi connectivity index (χ1v) is 6.38. The molecule has 0 aliphatic heterocycles. The Balaban J connectivity index is 2.55. The molecule has 6 heteroatoms. The van der Waals surface area contributed by atoms with Gasteiger partial charge in [0, 0.05) is 18.7 Å². The highest BCUT2D eigenvalue weighted by Crippen LogP contribution is 2.18. The molecule has 1 aromatic rings. The third-order valence-corrected chi connectivity index (χ3v) is 2.98. The Labute approximate surface area is 118 Å². The van der Waals surface area contributed by atoms with Crippen molar-refractivity contribution in [1.29, 1.82) is 0 Å². The zero-order valence-corrected chi connectivity index (χ0v) is 11.9. The lowest BCUT2D eigenvalue weighted by molar-refractivity contribution is -0.384. The number of non-ortho nitro benzene ring substituents is 1. The van der Waals surface area contributed by atoms with Crippen molar-refractivity contribution in [2.45, 2.75) is 33.3 Å². The van der Waals surface area contributed by atoms with Crippen LogP contribution in [0.3, 0.4) is 0 Å². The normalized spacial score (nSPS) is 12.8. The summed E-state index contributed by atoms with van der Waals surface area (Å²) in [4.78, 5) is 21.9. The van der Waals surface area contributed by atoms with Crippen LogP contribution in [0.5, 0.6) is 0 Å². The van der Waals surface area contributed by atoms with Crippen molar-refractivity contribution in [3.63, 3.8) is 0 Å². The number of aliphatic hydroxyl groups is 1. The molecule has 0 aromatic heterocycles. The van der Waals surface area contributed by atoms with E-state index in [2.05, 4.69) is 5.32 Å². The van der Waals surface area contributed by atoms with E-state index in [9.17, 15) is 20.0 Å². The van der Waals surface area contributed by atoms with Crippen molar-refractivity contribution < 1.29 is 14.8 Å². The van der Waals surface area contributed by atoms with E-state index in [0.29, 0.717) is 5.56 Å². The molecule has 1 unspecified atom stereocenters. The van der Waals surface area contributed by atoms with E-state index in [-0.39, 0.29) is 30.0 Å². The first kappa shape index (κ1) is 16.1. The van der Waals surface area contributed by atoms with Crippen molar-refractivity contribution >= 4 is 11.6 Å². The number of benzene rings is 1. The largest absolute Gasteiger partial charge is 0.391 e. The minimum absolute atomic E-state index is 0.0370. The zero-order valence-electron chi connectivity index (χ0n) is 11.9. The molecule has 20 heavy (non-hydrogen) atoms. The molecule has 0 heterocycles. The summed E-state index contributed by atoms with van der Waals surface area (Å²) in [6, 6.07) is 5.96. The fourth-order valence-electron chi connectivity index (χ4n) is 1.54. The number of hydrogen-bond donors (Lipinski definition) is 2. The quantitative estimate of drug-likeness (QED) is 0.633. The number of amides is 1. The molecule has 1 atom stereocenters. The van der Waals surface area contributed by atoms with Gasteiger partial charge in [-0.3, -0.25) is 14.9 Å². The Morgan fingerprint density at radius 2 is 2.10 bits per heavy atom. The number of nitrogens with one attached hydrogen (secondary N) is 1. The van der Waals surface area contributed by atoms with Gasteiger partial charge in [0.15, 0.2) is 0 Å². The Hall–Kier alpha value is -1.95. The van der Waals surface area contributed by atoms with Gasteiger partial charge in [-0.05, 0) is 11.0 Å². The first-order valence-electron chi connectivity index (χ1n) is 6.38. The highest BCUT2D eigenvalue weighted by atomic mass is 16.6. The smallest absolute Gasteiger partial charge is 0.269 e. The predicted octanol–water partition coefficient (Wildman–Crippen LogP) is 1.66. The standard InChI is InChI=1S/C14H20N2O4/c1-14(2,3)12(17)9-15-13(18)8-10-5-4-6-11(7-10)16(19)20/h4-7,12,17H,8-9H2,1-3H3,(H,15,18). The van der Waals surface area contributed by atoms with E-state index in [1.165, 1.54) is 12.1 Å². The molecule has 2 N–H and O–H groups in total. The monoisotopic (exact) mass is 280 g/mol. The number of hydrogen-bond acceptors (Lipinski definition) is 4. The molecule has 110 valence electrons. The average molecular weight is 280 g/mol. The number of nitro groups is 1. The van der Waals surface area contributed by atoms with Crippen molar-refractivity contribution in [2.75, 3.05) is 6.54 Å². The molecule has 0 spiro atoms. The van der Waals surface area contributed by atoms with Crippen LogP contribution < -0.4 is 5.32 Å². The van der Waals surface area contributed by atoms with Crippen molar-refractivity contribution in [3.05, 3.63) is 39.9 Å². The average Bonchev–Trinajstić information content (AvgIpc) is 2.35. The van der Waals surface area contributed by atoms with Gasteiger partial charge in [0.25, 0.3) is 5.69 Å². The van der Waals surface area contributed by atoms with Gasteiger partial charge in [0.1, 0.15) is 0 Å². The fourth-order valence-corrected chi connectivity index (χ4v) is 1.54. The van der Waals surface area contributed by atoms with Crippen molar-refractivity contribution in [1.82, 2.24) is 5.32 Å². The van der Waals surface area contributed by atoms with E-state index in [1.807, 2.05) is 20.8 Å². The van der Waals surface area contributed by atoms with Crippen LogP contribution >= 0.6 is 0 Å². The maximum atomic E-state index is 11.7. The summed E-state index contributed by atoms with van der Waals surface area (Å²) in [6.45, 7) is 5.80. The second kappa shape index (κ2) is 6.47. The lowest BCUT2D eigenvalue weighted by Gasteiger charge is -2.25. The van der Waals surface area contributed by atoms with E-state index >= 15 is 0 Å². The van der Waals surface area contributed by atoms with E-state index < -0.39 is 11.0 Å². The number of aliphatic hydroxyl groups excluding tert-OH is 1. The van der Waals surface area contributed by atoms with Gasteiger partial charge in [-0.2, -0.15) is 0 Å². The van der Waals surface area contributed by atoms with Gasteiger partial charge in [-0.15, -0.1) is 0 Å². The Bertz CT molecular complexity index is 494. The Kier molecular flexibility index (Phi) is 5.21. The lowest BCUT2D eigenvalue weighted by Crippen LogP contribution is -2.39. The molecule has 0 aliphatic carbocycles. The van der Waals surface area contributed by atoms with Crippen LogP contribution in [0, 0.1) is 15.5 Å². The minimum Gasteiger partial charge on any atom is -0.391 e. The molecule has 1 rings (SSSR count). The SMILES string of the molecule is CC(C)(C)C(O)CNC(=O)Cc1cccc([N+](=O)[O-])c1. The van der Waals surface area contributed by atoms with E-state index in [0.717, 1.165) is 0 Å². The van der Waals surface area contributed by atoms with Gasteiger partial charge in [0.2, 0.25) is 5.91 Å². The van der Waals surface area contributed by atoms with E-state index in [4.69, 9.17) is 0 Å². The first-order chi connectivity index (χ1) is 9.20. The molecule has 6 nitrogen and oxygen atoms in total. The third kappa shape index (κ3) is 4.97. The highest BCUT2D eigenvalue weighted by Gasteiger charge is 2.22. The number of rotatable bonds is 5. The summed E-state index contributed by atoms with van der Waals surface area (Å²) >= 11 is 0. The van der Waals surface area contributed by atoms with Crippen LogP contribution in [0.15, 0.2) is 24.3 Å². The predicted molar refractivity (Wildman–Crippen MR) is 75.3 cm³/mol. The molecule has 0 saturated carbocycles. The zero-order chi connectivity index (χ0) is 15.3. The molecular formula is C14H20N2O4. The van der Waals surface area contributed by atoms with Crippen molar-refractivity contribution in [3.8, 4) is 0 Å². The van der Waals surface area contributed by atoms with Gasteiger partial charge in [-0.25, -0.2) is 0 Å². The highest BCUT2D eigenvalue weighted by molar-refractivity contribution is 5.78. The molecule has 0 fully saturated rings. The second-order valence-electron chi connectivity index (χ2n) is 5.79. The molecular weight excluding hydrogens is 260 g/mol. The second-order valence-corrected chi connectivity index (χ2v) is 5.79. The minimum atomic E-state index is -0.642. The maximum Gasteiger partial charge on any atom is 0.269 e. The number of nitro benzene ring substituents is 1. The molecule has 1 aromatic carbocycles. The van der Waals surface area contributed by atoms with E-state index in [1.54, 1.807) is 12.1 Å². The van der Waals surface area contributed by atoms with Crippen LogP contribution in [0.25, 0.3) is 0 Å². The topological polar surface area (TPSA) is 92.5 Å². The summed E-state index contributed by atoms with van der Waals surface area (Å²) in [5, 5.41) is 23.1. The molecule has 0 bridgehead atoms. The van der Waals surface area contributed by atoms with Gasteiger partial charge < -0.3 is 10.4 Å². The summed E-state index contributed by atoms with van der Waals surface area (Å²) in [7, 11) is 0. The summed E-state index contributed by atoms with van der Waals surface area (Å²) in [5.74, 6) is -0.270. The van der Waals surface area contributed by atoms with Crippen LogP contribution in [0.4, 0.5) is 5.69 Å². The Morgan fingerprint density at radius 1 is 1.45 bits per heavy atom. The fraction of sp³-hybridized carbons (Fsp3) is 0.500. The molecule has 0 radical (unpaired) electrons. The number of nitrogens with zero attached hydrogens (tertiary/aromatic N) is 1. The summed E-state index contributed by atoms with van der Waals surface area (Å²) in [5.41, 5.74) is 0.228. The lowest BCUT2D eigenvalue weighted by atomic mass is 9.89. The van der Waals surface area contributed by atoms with Gasteiger partial charge in [0.05, 0.1) is 17.4 Å². The van der Waals surface area contributed by atoms with Crippen LogP contribution in [-0.4, -0.2) is 28.6 Å². The van der Waals surface area contributed by atoms with Crippen LogP contribution in [0.2, 0.25) is 0 Å². The summed E-state index contributed by atoms with van der Waals surface area (Å²) in [6.07, 6.45) is -0.588. The third-order valence-electron chi connectivity index (χ3n) is 2.98. The molecule has 1 amide bonds. The van der Waals surface area contributed by atoms with Gasteiger partial charge >= 0.3 is 0 Å². The van der Waals surface area contributed by atoms with Crippen LogP contribution in [-0.2, 0) is 11.2 Å². The molecule has 0 saturated heterocycles.